The number of halogens is 1. The molecule has 1 amide bonds. The van der Waals surface area contributed by atoms with Crippen molar-refractivity contribution in [2.24, 2.45) is 0 Å². The number of carbonyl (C=O) groups excluding carboxylic acids is 1. The third-order valence-corrected chi connectivity index (χ3v) is 3.44. The summed E-state index contributed by atoms with van der Waals surface area (Å²) < 4.78 is 6.77. The van der Waals surface area contributed by atoms with Crippen molar-refractivity contribution >= 4 is 21.8 Å². The van der Waals surface area contributed by atoms with Crippen LogP contribution in [0.25, 0.3) is 0 Å². The van der Waals surface area contributed by atoms with Gasteiger partial charge in [0.25, 0.3) is 0 Å². The van der Waals surface area contributed by atoms with Gasteiger partial charge in [-0.3, -0.25) is 4.79 Å². The Hall–Kier alpha value is -0.870. The number of ether oxygens (including phenoxy) is 1. The Morgan fingerprint density at radius 2 is 2.41 bits per heavy atom. The molecule has 1 aromatic rings. The molecule has 92 valence electrons. The number of nitrogens with zero attached hydrogens (tertiary/aromatic N) is 1. The van der Waals surface area contributed by atoms with Crippen LogP contribution in [-0.4, -0.2) is 30.5 Å². The lowest BCUT2D eigenvalue weighted by Gasteiger charge is -2.33. The van der Waals surface area contributed by atoms with Gasteiger partial charge in [-0.15, -0.1) is 0 Å². The summed E-state index contributed by atoms with van der Waals surface area (Å²) in [6.45, 7) is 3.87. The Bertz CT molecular complexity index is 408. The molecule has 1 heterocycles. The first-order chi connectivity index (χ1) is 8.20. The maximum Gasteiger partial charge on any atom is 0.222 e. The van der Waals surface area contributed by atoms with E-state index in [2.05, 4.69) is 15.9 Å². The monoisotopic (exact) mass is 297 g/mol. The van der Waals surface area contributed by atoms with Gasteiger partial charge in [0.1, 0.15) is 6.10 Å². The summed E-state index contributed by atoms with van der Waals surface area (Å²) in [5.41, 5.74) is 1.12. The third kappa shape index (κ3) is 3.07. The van der Waals surface area contributed by atoms with Crippen molar-refractivity contribution in [2.45, 2.75) is 19.4 Å². The number of hydrogen-bond donors (Lipinski definition) is 0. The van der Waals surface area contributed by atoms with Crippen LogP contribution in [0.2, 0.25) is 0 Å². The van der Waals surface area contributed by atoms with Gasteiger partial charge in [0, 0.05) is 17.4 Å². The highest BCUT2D eigenvalue weighted by Gasteiger charge is 2.24. The highest BCUT2D eigenvalue weighted by molar-refractivity contribution is 9.10. The fourth-order valence-corrected chi connectivity index (χ4v) is 2.42. The van der Waals surface area contributed by atoms with Gasteiger partial charge in [-0.05, 0) is 17.7 Å². The van der Waals surface area contributed by atoms with Gasteiger partial charge in [-0.1, -0.05) is 35.0 Å². The molecule has 0 radical (unpaired) electrons. The summed E-state index contributed by atoms with van der Waals surface area (Å²) in [7, 11) is 0. The normalized spacial score (nSPS) is 20.4. The first kappa shape index (κ1) is 12.6. The van der Waals surface area contributed by atoms with E-state index in [-0.39, 0.29) is 12.0 Å². The van der Waals surface area contributed by atoms with Crippen LogP contribution in [-0.2, 0) is 9.53 Å². The van der Waals surface area contributed by atoms with Crippen LogP contribution in [0.4, 0.5) is 0 Å². The average Bonchev–Trinajstić information content (AvgIpc) is 2.38. The summed E-state index contributed by atoms with van der Waals surface area (Å²) >= 11 is 3.45. The predicted molar refractivity (Wildman–Crippen MR) is 69.7 cm³/mol. The van der Waals surface area contributed by atoms with E-state index in [0.717, 1.165) is 10.0 Å². The van der Waals surface area contributed by atoms with E-state index < -0.39 is 0 Å². The van der Waals surface area contributed by atoms with Crippen molar-refractivity contribution in [3.8, 4) is 0 Å². The SMILES string of the molecule is CCC(=O)N1CCOC(c2cccc(Br)c2)C1. The molecule has 17 heavy (non-hydrogen) atoms. The Kier molecular flexibility index (Phi) is 4.18. The number of benzene rings is 1. The molecule has 4 heteroatoms. The Balaban J connectivity index is 2.09. The Labute approximate surface area is 110 Å². The van der Waals surface area contributed by atoms with E-state index in [1.54, 1.807) is 0 Å². The Morgan fingerprint density at radius 3 is 3.12 bits per heavy atom. The van der Waals surface area contributed by atoms with Crippen LogP contribution in [0.5, 0.6) is 0 Å². The maximum absolute atomic E-state index is 11.7. The topological polar surface area (TPSA) is 29.5 Å². The van der Waals surface area contributed by atoms with E-state index in [0.29, 0.717) is 26.1 Å². The molecule has 1 aliphatic rings. The fraction of sp³-hybridized carbons (Fsp3) is 0.462. The van der Waals surface area contributed by atoms with Crippen molar-refractivity contribution in [1.82, 2.24) is 4.90 Å². The highest BCUT2D eigenvalue weighted by atomic mass is 79.9. The Morgan fingerprint density at radius 1 is 1.59 bits per heavy atom. The van der Waals surface area contributed by atoms with Crippen LogP contribution in [0, 0.1) is 0 Å². The van der Waals surface area contributed by atoms with Gasteiger partial charge in [-0.2, -0.15) is 0 Å². The summed E-state index contributed by atoms with van der Waals surface area (Å²) in [6.07, 6.45) is 0.558. The summed E-state index contributed by atoms with van der Waals surface area (Å²) in [6, 6.07) is 8.06. The molecule has 1 unspecified atom stereocenters. The molecule has 0 aliphatic carbocycles. The second-order valence-electron chi connectivity index (χ2n) is 4.11. The minimum atomic E-state index is -0.00301. The molecule has 1 saturated heterocycles. The highest BCUT2D eigenvalue weighted by Crippen LogP contribution is 2.24. The average molecular weight is 298 g/mol. The van der Waals surface area contributed by atoms with Crippen LogP contribution < -0.4 is 0 Å². The molecule has 2 rings (SSSR count). The molecule has 0 bridgehead atoms. The molecule has 0 aromatic heterocycles. The molecule has 1 fully saturated rings. The van der Waals surface area contributed by atoms with Crippen molar-refractivity contribution in [3.05, 3.63) is 34.3 Å². The number of hydrogen-bond acceptors (Lipinski definition) is 2. The number of morpholine rings is 1. The zero-order valence-corrected chi connectivity index (χ0v) is 11.4. The second-order valence-corrected chi connectivity index (χ2v) is 5.02. The first-order valence-electron chi connectivity index (χ1n) is 5.85. The van der Waals surface area contributed by atoms with Gasteiger partial charge >= 0.3 is 0 Å². The number of amides is 1. The quantitative estimate of drug-likeness (QED) is 0.840. The van der Waals surface area contributed by atoms with Gasteiger partial charge in [0.2, 0.25) is 5.91 Å². The van der Waals surface area contributed by atoms with E-state index >= 15 is 0 Å². The first-order valence-corrected chi connectivity index (χ1v) is 6.65. The zero-order chi connectivity index (χ0) is 12.3. The van der Waals surface area contributed by atoms with Gasteiger partial charge in [-0.25, -0.2) is 0 Å². The second kappa shape index (κ2) is 5.65. The van der Waals surface area contributed by atoms with Crippen LogP contribution in [0.3, 0.4) is 0 Å². The van der Waals surface area contributed by atoms with E-state index in [9.17, 15) is 4.79 Å². The molecule has 0 saturated carbocycles. The van der Waals surface area contributed by atoms with E-state index in [4.69, 9.17) is 4.74 Å². The maximum atomic E-state index is 11.7. The largest absolute Gasteiger partial charge is 0.370 e. The van der Waals surface area contributed by atoms with Crippen LogP contribution in [0.15, 0.2) is 28.7 Å². The number of carbonyl (C=O) groups is 1. The lowest BCUT2D eigenvalue weighted by molar-refractivity contribution is -0.138. The van der Waals surface area contributed by atoms with Crippen molar-refractivity contribution in [2.75, 3.05) is 19.7 Å². The molecule has 1 aliphatic heterocycles. The summed E-state index contributed by atoms with van der Waals surface area (Å²) in [5, 5.41) is 0. The lowest BCUT2D eigenvalue weighted by atomic mass is 10.1. The number of rotatable bonds is 2. The molecule has 1 atom stereocenters. The van der Waals surface area contributed by atoms with E-state index in [1.807, 2.05) is 36.1 Å². The van der Waals surface area contributed by atoms with Gasteiger partial charge < -0.3 is 9.64 Å². The third-order valence-electron chi connectivity index (χ3n) is 2.94. The van der Waals surface area contributed by atoms with E-state index in [1.165, 1.54) is 0 Å². The minimum Gasteiger partial charge on any atom is -0.370 e. The summed E-state index contributed by atoms with van der Waals surface area (Å²) in [5.74, 6) is 0.202. The molecule has 3 nitrogen and oxygen atoms in total. The molecule has 0 N–H and O–H groups in total. The lowest BCUT2D eigenvalue weighted by Crippen LogP contribution is -2.41. The molecule has 0 spiro atoms. The van der Waals surface area contributed by atoms with Crippen molar-refractivity contribution in [1.29, 1.82) is 0 Å². The van der Waals surface area contributed by atoms with Gasteiger partial charge in [0.15, 0.2) is 0 Å². The molecular weight excluding hydrogens is 282 g/mol. The zero-order valence-electron chi connectivity index (χ0n) is 9.86. The van der Waals surface area contributed by atoms with Gasteiger partial charge in [0.05, 0.1) is 13.2 Å². The summed E-state index contributed by atoms with van der Waals surface area (Å²) in [4.78, 5) is 13.6. The van der Waals surface area contributed by atoms with Crippen molar-refractivity contribution in [3.63, 3.8) is 0 Å². The fourth-order valence-electron chi connectivity index (χ4n) is 2.01. The van der Waals surface area contributed by atoms with Crippen LogP contribution in [0.1, 0.15) is 25.0 Å². The van der Waals surface area contributed by atoms with Crippen molar-refractivity contribution < 1.29 is 9.53 Å². The smallest absolute Gasteiger partial charge is 0.222 e. The molecule has 1 aromatic carbocycles. The minimum absolute atomic E-state index is 0.00301. The predicted octanol–water partition coefficient (Wildman–Crippen LogP) is 2.76. The standard InChI is InChI=1S/C13H16BrNO2/c1-2-13(16)15-6-7-17-12(9-15)10-4-3-5-11(14)8-10/h3-5,8,12H,2,6-7,9H2,1H3. The van der Waals surface area contributed by atoms with Crippen LogP contribution >= 0.6 is 15.9 Å². The molecular formula is C13H16BrNO2.